The van der Waals surface area contributed by atoms with Gasteiger partial charge in [-0.15, -0.1) is 0 Å². The molecule has 0 unspecified atom stereocenters. The fourth-order valence-electron chi connectivity index (χ4n) is 1.66. The van der Waals surface area contributed by atoms with Gasteiger partial charge in [0.15, 0.2) is 6.20 Å². The highest BCUT2D eigenvalue weighted by molar-refractivity contribution is 8.00. The van der Waals surface area contributed by atoms with E-state index in [1.807, 2.05) is 6.07 Å². The smallest absolute Gasteiger partial charge is 0.252 e. The van der Waals surface area contributed by atoms with Gasteiger partial charge >= 0.3 is 0 Å². The number of benzene rings is 1. The molecule has 0 aliphatic carbocycles. The first kappa shape index (κ1) is 14.9. The molecular formula is C15H13N3O2S. The molecule has 1 amide bonds. The summed E-state index contributed by atoms with van der Waals surface area (Å²) in [5.74, 6) is -0.258. The van der Waals surface area contributed by atoms with Crippen molar-refractivity contribution >= 4 is 23.4 Å². The van der Waals surface area contributed by atoms with E-state index in [1.54, 1.807) is 49.4 Å². The number of hydrogen-bond acceptors (Lipinski definition) is 4. The van der Waals surface area contributed by atoms with Gasteiger partial charge in [0.05, 0.1) is 16.5 Å². The molecule has 0 radical (unpaired) electrons. The minimum atomic E-state index is -0.459. The van der Waals surface area contributed by atoms with E-state index >= 15 is 0 Å². The van der Waals surface area contributed by atoms with Crippen LogP contribution in [0.5, 0.6) is 0 Å². The lowest BCUT2D eigenvalue weighted by Gasteiger charge is -2.12. The first-order valence-corrected chi connectivity index (χ1v) is 7.14. The van der Waals surface area contributed by atoms with Crippen molar-refractivity contribution in [3.63, 3.8) is 0 Å². The van der Waals surface area contributed by atoms with Crippen LogP contribution in [-0.4, -0.2) is 11.2 Å². The Hall–Kier alpha value is -2.52. The predicted octanol–water partition coefficient (Wildman–Crippen LogP) is 2.31. The summed E-state index contributed by atoms with van der Waals surface area (Å²) in [5.41, 5.74) is 0.877. The van der Waals surface area contributed by atoms with Gasteiger partial charge in [0.1, 0.15) is 6.07 Å². The van der Waals surface area contributed by atoms with Gasteiger partial charge in [0, 0.05) is 12.1 Å². The Bertz CT molecular complexity index is 697. The zero-order chi connectivity index (χ0) is 15.2. The maximum Gasteiger partial charge on any atom is 0.252 e. The second kappa shape index (κ2) is 6.77. The fraction of sp³-hybridized carbons (Fsp3) is 0.133. The van der Waals surface area contributed by atoms with E-state index in [2.05, 4.69) is 5.32 Å². The van der Waals surface area contributed by atoms with E-state index in [4.69, 9.17) is 5.26 Å². The molecule has 0 spiro atoms. The minimum Gasteiger partial charge on any atom is -0.618 e. The summed E-state index contributed by atoms with van der Waals surface area (Å²) in [4.78, 5) is 12.1. The van der Waals surface area contributed by atoms with Crippen LogP contribution in [0.2, 0.25) is 0 Å². The molecule has 0 saturated heterocycles. The molecular weight excluding hydrogens is 286 g/mol. The maximum atomic E-state index is 12.1. The van der Waals surface area contributed by atoms with Gasteiger partial charge in [-0.2, -0.15) is 9.99 Å². The van der Waals surface area contributed by atoms with Crippen molar-refractivity contribution in [2.75, 3.05) is 5.32 Å². The quantitative estimate of drug-likeness (QED) is 0.534. The molecule has 1 aromatic heterocycles. The summed E-state index contributed by atoms with van der Waals surface area (Å²) >= 11 is 1.17. The standard InChI is InChI=1S/C15H13N3O2S/c1-11(21-14-8-4-5-9-18(14)20)15(19)17-13-7-3-2-6-12(13)10-16/h2-9,11H,1H3,(H,17,19)/t11-/m0/s1. The van der Waals surface area contributed by atoms with E-state index < -0.39 is 5.25 Å². The Balaban J connectivity index is 2.07. The lowest BCUT2D eigenvalue weighted by atomic mass is 10.2. The topological polar surface area (TPSA) is 79.8 Å². The fourth-order valence-corrected chi connectivity index (χ4v) is 2.51. The van der Waals surface area contributed by atoms with Gasteiger partial charge < -0.3 is 10.5 Å². The van der Waals surface area contributed by atoms with Crippen molar-refractivity contribution in [1.29, 1.82) is 5.26 Å². The molecule has 5 nitrogen and oxygen atoms in total. The molecule has 1 atom stereocenters. The van der Waals surface area contributed by atoms with E-state index in [-0.39, 0.29) is 5.91 Å². The molecule has 0 aliphatic heterocycles. The van der Waals surface area contributed by atoms with Gasteiger partial charge in [-0.3, -0.25) is 4.79 Å². The highest BCUT2D eigenvalue weighted by Gasteiger charge is 2.19. The molecule has 2 rings (SSSR count). The summed E-state index contributed by atoms with van der Waals surface area (Å²) in [6.45, 7) is 1.71. The molecule has 1 aromatic carbocycles. The van der Waals surface area contributed by atoms with Crippen molar-refractivity contribution in [3.8, 4) is 6.07 Å². The number of pyridine rings is 1. The molecule has 0 saturated carbocycles. The SMILES string of the molecule is C[C@H](Sc1cccc[n+]1[O-])C(=O)Nc1ccccc1C#N. The summed E-state index contributed by atoms with van der Waals surface area (Å²) in [7, 11) is 0. The molecule has 0 fully saturated rings. The zero-order valence-corrected chi connectivity index (χ0v) is 12.1. The third kappa shape index (κ3) is 3.74. The lowest BCUT2D eigenvalue weighted by Crippen LogP contribution is -2.30. The Kier molecular flexibility index (Phi) is 4.80. The van der Waals surface area contributed by atoms with Crippen molar-refractivity contribution in [2.45, 2.75) is 17.2 Å². The molecule has 1 heterocycles. The second-order valence-electron chi connectivity index (χ2n) is 4.27. The summed E-state index contributed by atoms with van der Waals surface area (Å²) < 4.78 is 0.720. The molecule has 106 valence electrons. The molecule has 21 heavy (non-hydrogen) atoms. The number of para-hydroxylation sites is 1. The normalized spacial score (nSPS) is 11.4. The number of nitriles is 1. The average molecular weight is 299 g/mol. The summed E-state index contributed by atoms with van der Waals surface area (Å²) in [6.07, 6.45) is 1.39. The van der Waals surface area contributed by atoms with E-state index in [1.165, 1.54) is 18.0 Å². The molecule has 2 aromatic rings. The number of rotatable bonds is 4. The number of nitrogens with zero attached hydrogens (tertiary/aromatic N) is 2. The maximum absolute atomic E-state index is 12.1. The molecule has 1 N–H and O–H groups in total. The van der Waals surface area contributed by atoms with Crippen LogP contribution in [0.25, 0.3) is 0 Å². The largest absolute Gasteiger partial charge is 0.618 e. The van der Waals surface area contributed by atoms with Crippen molar-refractivity contribution in [3.05, 3.63) is 59.4 Å². The van der Waals surface area contributed by atoms with Crippen molar-refractivity contribution in [1.82, 2.24) is 0 Å². The van der Waals surface area contributed by atoms with Crippen molar-refractivity contribution in [2.24, 2.45) is 0 Å². The number of hydrogen-bond donors (Lipinski definition) is 1. The highest BCUT2D eigenvalue weighted by atomic mass is 32.2. The predicted molar refractivity (Wildman–Crippen MR) is 80.5 cm³/mol. The van der Waals surface area contributed by atoms with E-state index in [0.717, 1.165) is 4.73 Å². The van der Waals surface area contributed by atoms with Crippen molar-refractivity contribution < 1.29 is 9.52 Å². The third-order valence-corrected chi connectivity index (χ3v) is 3.89. The number of carbonyl (C=O) groups excluding carboxylic acids is 1. The van der Waals surface area contributed by atoms with Crippen LogP contribution in [0.1, 0.15) is 12.5 Å². The van der Waals surface area contributed by atoms with Crippen LogP contribution in [0.3, 0.4) is 0 Å². The highest BCUT2D eigenvalue weighted by Crippen LogP contribution is 2.21. The number of amides is 1. The average Bonchev–Trinajstić information content (AvgIpc) is 2.50. The summed E-state index contributed by atoms with van der Waals surface area (Å²) in [5, 5.41) is 23.2. The Morgan fingerprint density at radius 3 is 2.76 bits per heavy atom. The molecule has 0 bridgehead atoms. The van der Waals surface area contributed by atoms with Crippen LogP contribution < -0.4 is 10.0 Å². The van der Waals surface area contributed by atoms with Crippen LogP contribution >= 0.6 is 11.8 Å². The van der Waals surface area contributed by atoms with Gasteiger partial charge in [0.25, 0.3) is 5.03 Å². The third-order valence-electron chi connectivity index (χ3n) is 2.76. The second-order valence-corrected chi connectivity index (χ2v) is 5.63. The lowest BCUT2D eigenvalue weighted by molar-refractivity contribution is -0.645. The van der Waals surface area contributed by atoms with E-state index in [0.29, 0.717) is 16.3 Å². The Morgan fingerprint density at radius 1 is 1.33 bits per heavy atom. The van der Waals surface area contributed by atoms with Gasteiger partial charge in [-0.1, -0.05) is 12.1 Å². The molecule has 0 aliphatic rings. The minimum absolute atomic E-state index is 0.258. The number of carbonyl (C=O) groups is 1. The van der Waals surface area contributed by atoms with Crippen LogP contribution in [0.15, 0.2) is 53.7 Å². The Labute approximate surface area is 126 Å². The van der Waals surface area contributed by atoms with Crippen LogP contribution in [0.4, 0.5) is 5.69 Å². The van der Waals surface area contributed by atoms with Crippen LogP contribution in [-0.2, 0) is 4.79 Å². The van der Waals surface area contributed by atoms with E-state index in [9.17, 15) is 10.0 Å². The number of aromatic nitrogens is 1. The Morgan fingerprint density at radius 2 is 2.05 bits per heavy atom. The van der Waals surface area contributed by atoms with Gasteiger partial charge in [-0.05, 0) is 36.9 Å². The monoisotopic (exact) mass is 299 g/mol. The van der Waals surface area contributed by atoms with Gasteiger partial charge in [-0.25, -0.2) is 0 Å². The summed E-state index contributed by atoms with van der Waals surface area (Å²) in [6, 6.07) is 13.8. The zero-order valence-electron chi connectivity index (χ0n) is 11.3. The van der Waals surface area contributed by atoms with Crippen LogP contribution in [0, 0.1) is 16.5 Å². The first-order valence-electron chi connectivity index (χ1n) is 6.26. The number of nitrogens with one attached hydrogen (secondary N) is 1. The number of anilines is 1. The first-order chi connectivity index (χ1) is 10.1. The van der Waals surface area contributed by atoms with Gasteiger partial charge in [0.2, 0.25) is 5.91 Å². The molecule has 6 heteroatoms. The number of thioether (sulfide) groups is 1.